The summed E-state index contributed by atoms with van der Waals surface area (Å²) in [5, 5.41) is 0. The monoisotopic (exact) mass is 315 g/mol. The summed E-state index contributed by atoms with van der Waals surface area (Å²) in [6.07, 6.45) is 5.22. The van der Waals surface area contributed by atoms with E-state index in [1.165, 1.54) is 11.1 Å². The molecular weight excluding hydrogens is 290 g/mol. The highest BCUT2D eigenvalue weighted by molar-refractivity contribution is 5.85. The number of hydrogen-bond donors (Lipinski definition) is 0. The number of ether oxygens (including phenoxy) is 1. The van der Waals surface area contributed by atoms with Crippen LogP contribution >= 0.6 is 0 Å². The van der Waals surface area contributed by atoms with Crippen LogP contribution in [-0.4, -0.2) is 36.0 Å². The van der Waals surface area contributed by atoms with E-state index in [0.29, 0.717) is 25.5 Å². The Kier molecular flexibility index (Phi) is 4.99. The van der Waals surface area contributed by atoms with Crippen molar-refractivity contribution >= 4 is 11.9 Å². The number of carbonyl (C=O) groups is 2. The minimum absolute atomic E-state index is 0.108. The van der Waals surface area contributed by atoms with E-state index in [1.807, 2.05) is 0 Å². The van der Waals surface area contributed by atoms with Gasteiger partial charge in [-0.25, -0.2) is 4.79 Å². The Morgan fingerprint density at radius 3 is 2.57 bits per heavy atom. The Balaban J connectivity index is 1.51. The number of likely N-dealkylation sites (tertiary alicyclic amines) is 1. The molecule has 23 heavy (non-hydrogen) atoms. The third-order valence-corrected chi connectivity index (χ3v) is 5.03. The molecule has 0 aromatic heterocycles. The van der Waals surface area contributed by atoms with Crippen molar-refractivity contribution in [3.05, 3.63) is 35.4 Å². The summed E-state index contributed by atoms with van der Waals surface area (Å²) in [5.41, 5.74) is 2.85. The molecule has 1 aliphatic heterocycles. The molecular formula is C19H25NO3. The number of carbonyl (C=O) groups excluding carboxylic acids is 2. The normalized spacial score (nSPS) is 20.6. The van der Waals surface area contributed by atoms with Crippen molar-refractivity contribution in [3.8, 4) is 0 Å². The van der Waals surface area contributed by atoms with Gasteiger partial charge in [-0.05, 0) is 56.1 Å². The molecule has 3 rings (SSSR count). The predicted molar refractivity (Wildman–Crippen MR) is 87.9 cm³/mol. The van der Waals surface area contributed by atoms with Crippen molar-refractivity contribution < 1.29 is 14.3 Å². The van der Waals surface area contributed by atoms with E-state index < -0.39 is 0 Å². The van der Waals surface area contributed by atoms with E-state index in [0.717, 1.165) is 32.1 Å². The molecule has 4 nitrogen and oxygen atoms in total. The number of amides is 1. The van der Waals surface area contributed by atoms with Crippen LogP contribution in [0.2, 0.25) is 0 Å². The fraction of sp³-hybridized carbons (Fsp3) is 0.579. The number of nitrogens with zero attached hydrogens (tertiary/aromatic N) is 1. The van der Waals surface area contributed by atoms with Crippen molar-refractivity contribution in [2.24, 2.45) is 5.92 Å². The van der Waals surface area contributed by atoms with Crippen molar-refractivity contribution in [2.45, 2.75) is 51.5 Å². The van der Waals surface area contributed by atoms with Gasteiger partial charge in [0.25, 0.3) is 0 Å². The highest BCUT2D eigenvalue weighted by Gasteiger charge is 2.35. The lowest BCUT2D eigenvalue weighted by molar-refractivity contribution is -0.153. The van der Waals surface area contributed by atoms with E-state index in [1.54, 1.807) is 11.8 Å². The lowest BCUT2D eigenvalue weighted by atomic mass is 9.99. The molecule has 1 saturated heterocycles. The van der Waals surface area contributed by atoms with E-state index in [2.05, 4.69) is 24.3 Å². The second kappa shape index (κ2) is 7.16. The molecule has 1 aromatic rings. The van der Waals surface area contributed by atoms with Gasteiger partial charge >= 0.3 is 5.97 Å². The first-order chi connectivity index (χ1) is 11.2. The van der Waals surface area contributed by atoms with Crippen LogP contribution < -0.4 is 0 Å². The number of rotatable bonds is 5. The highest BCUT2D eigenvalue weighted by atomic mass is 16.5. The van der Waals surface area contributed by atoms with Crippen LogP contribution in [0.3, 0.4) is 0 Å². The molecule has 1 fully saturated rings. The predicted octanol–water partition coefficient (Wildman–Crippen LogP) is 2.74. The van der Waals surface area contributed by atoms with E-state index in [-0.39, 0.29) is 17.9 Å². The van der Waals surface area contributed by atoms with E-state index in [9.17, 15) is 9.59 Å². The molecule has 0 bridgehead atoms. The molecule has 0 saturated carbocycles. The summed E-state index contributed by atoms with van der Waals surface area (Å²) >= 11 is 0. The van der Waals surface area contributed by atoms with Crippen molar-refractivity contribution in [1.82, 2.24) is 4.90 Å². The first-order valence-corrected chi connectivity index (χ1v) is 8.72. The maximum Gasteiger partial charge on any atom is 0.328 e. The van der Waals surface area contributed by atoms with E-state index in [4.69, 9.17) is 4.74 Å². The zero-order valence-electron chi connectivity index (χ0n) is 13.8. The fourth-order valence-corrected chi connectivity index (χ4v) is 3.87. The van der Waals surface area contributed by atoms with Gasteiger partial charge < -0.3 is 9.64 Å². The van der Waals surface area contributed by atoms with Gasteiger partial charge in [0.1, 0.15) is 6.04 Å². The number of esters is 1. The summed E-state index contributed by atoms with van der Waals surface area (Å²) in [7, 11) is 0. The standard InChI is InChI=1S/C19H25NO3/c1-2-23-19(22)17-8-5-11-20(17)18(21)10-9-14-12-15-6-3-4-7-16(15)13-14/h3-4,6-7,14,17H,2,5,8-13H2,1H3/t17-/m0/s1. The number of hydrogen-bond acceptors (Lipinski definition) is 3. The van der Waals surface area contributed by atoms with Gasteiger partial charge in [-0.15, -0.1) is 0 Å². The Labute approximate surface area is 137 Å². The van der Waals surface area contributed by atoms with E-state index >= 15 is 0 Å². The van der Waals surface area contributed by atoms with Gasteiger partial charge in [0, 0.05) is 13.0 Å². The van der Waals surface area contributed by atoms with Crippen molar-refractivity contribution in [2.75, 3.05) is 13.2 Å². The zero-order chi connectivity index (χ0) is 16.2. The minimum Gasteiger partial charge on any atom is -0.464 e. The minimum atomic E-state index is -0.358. The van der Waals surface area contributed by atoms with Gasteiger partial charge in [0.15, 0.2) is 0 Å². The van der Waals surface area contributed by atoms with Crippen molar-refractivity contribution in [1.29, 1.82) is 0 Å². The summed E-state index contributed by atoms with van der Waals surface area (Å²) in [5.74, 6) is 0.420. The average Bonchev–Trinajstić information content (AvgIpc) is 3.19. The first-order valence-electron chi connectivity index (χ1n) is 8.72. The Morgan fingerprint density at radius 1 is 1.22 bits per heavy atom. The second-order valence-electron chi connectivity index (χ2n) is 6.58. The Morgan fingerprint density at radius 2 is 1.91 bits per heavy atom. The molecule has 1 aliphatic carbocycles. The third kappa shape index (κ3) is 3.57. The topological polar surface area (TPSA) is 46.6 Å². The van der Waals surface area contributed by atoms with Gasteiger partial charge in [-0.2, -0.15) is 0 Å². The molecule has 0 spiro atoms. The fourth-order valence-electron chi connectivity index (χ4n) is 3.87. The molecule has 4 heteroatoms. The summed E-state index contributed by atoms with van der Waals surface area (Å²) in [6, 6.07) is 8.19. The van der Waals surface area contributed by atoms with Crippen LogP contribution in [0, 0.1) is 5.92 Å². The maximum absolute atomic E-state index is 12.5. The van der Waals surface area contributed by atoms with Crippen molar-refractivity contribution in [3.63, 3.8) is 0 Å². The molecule has 2 aliphatic rings. The molecule has 0 unspecified atom stereocenters. The van der Waals surface area contributed by atoms with Crippen LogP contribution in [0.4, 0.5) is 0 Å². The quantitative estimate of drug-likeness (QED) is 0.785. The lowest BCUT2D eigenvalue weighted by Gasteiger charge is -2.23. The molecule has 124 valence electrons. The van der Waals surface area contributed by atoms with Gasteiger partial charge in [-0.3, -0.25) is 4.79 Å². The summed E-state index contributed by atoms with van der Waals surface area (Å²) < 4.78 is 5.09. The SMILES string of the molecule is CCOC(=O)[C@@H]1CCCN1C(=O)CCC1Cc2ccccc2C1. The second-order valence-corrected chi connectivity index (χ2v) is 6.58. The average molecular weight is 315 g/mol. The number of fused-ring (bicyclic) bond motifs is 1. The molecule has 1 aromatic carbocycles. The van der Waals surface area contributed by atoms with Crippen LogP contribution in [-0.2, 0) is 27.2 Å². The summed E-state index contributed by atoms with van der Waals surface area (Å²) in [4.78, 5) is 26.2. The zero-order valence-corrected chi connectivity index (χ0v) is 13.8. The van der Waals surface area contributed by atoms with Crippen LogP contribution in [0.1, 0.15) is 43.7 Å². The lowest BCUT2D eigenvalue weighted by Crippen LogP contribution is -2.41. The van der Waals surface area contributed by atoms with Gasteiger partial charge in [-0.1, -0.05) is 24.3 Å². The molecule has 1 heterocycles. The largest absolute Gasteiger partial charge is 0.464 e. The Hall–Kier alpha value is -1.84. The number of benzene rings is 1. The molecule has 0 N–H and O–H groups in total. The highest BCUT2D eigenvalue weighted by Crippen LogP contribution is 2.30. The Bertz CT molecular complexity index is 559. The van der Waals surface area contributed by atoms with Crippen LogP contribution in [0.15, 0.2) is 24.3 Å². The molecule has 0 radical (unpaired) electrons. The molecule has 1 atom stereocenters. The van der Waals surface area contributed by atoms with Gasteiger partial charge in [0.05, 0.1) is 6.61 Å². The molecule has 1 amide bonds. The maximum atomic E-state index is 12.5. The van der Waals surface area contributed by atoms with Crippen LogP contribution in [0.5, 0.6) is 0 Å². The van der Waals surface area contributed by atoms with Crippen LogP contribution in [0.25, 0.3) is 0 Å². The third-order valence-electron chi connectivity index (χ3n) is 5.03. The van der Waals surface area contributed by atoms with Gasteiger partial charge in [0.2, 0.25) is 5.91 Å². The summed E-state index contributed by atoms with van der Waals surface area (Å²) in [6.45, 7) is 2.86. The smallest absolute Gasteiger partial charge is 0.328 e. The first kappa shape index (κ1) is 16.0.